The van der Waals surface area contributed by atoms with Gasteiger partial charge in [0.25, 0.3) is 17.5 Å². The van der Waals surface area contributed by atoms with Gasteiger partial charge in [-0.25, -0.2) is 0 Å². The number of esters is 1. The molecular weight excluding hydrogens is 318 g/mol. The molecule has 1 rings (SSSR count). The van der Waals surface area contributed by atoms with Crippen molar-refractivity contribution in [1.82, 2.24) is 10.6 Å². The first-order valence-electron chi connectivity index (χ1n) is 7.35. The number of nitrogens with zero attached hydrogens (tertiary/aromatic N) is 1. The number of carbonyl (C=O) groups is 3. The Morgan fingerprint density at radius 3 is 2.38 bits per heavy atom. The monoisotopic (exact) mass is 337 g/mol. The molecule has 130 valence electrons. The van der Waals surface area contributed by atoms with Crippen LogP contribution in [0.5, 0.6) is 0 Å². The summed E-state index contributed by atoms with van der Waals surface area (Å²) in [7, 11) is 0. The zero-order valence-corrected chi connectivity index (χ0v) is 13.4. The molecule has 0 aliphatic heterocycles. The number of hydrogen-bond donors (Lipinski definition) is 2. The molecule has 9 heteroatoms. The van der Waals surface area contributed by atoms with E-state index < -0.39 is 22.9 Å². The molecule has 2 amide bonds. The average molecular weight is 337 g/mol. The fraction of sp³-hybridized carbons (Fsp3) is 0.400. The smallest absolute Gasteiger partial charge is 0.308 e. The Morgan fingerprint density at radius 1 is 1.21 bits per heavy atom. The quantitative estimate of drug-likeness (QED) is 0.410. The molecule has 0 radical (unpaired) electrons. The highest BCUT2D eigenvalue weighted by atomic mass is 16.6. The maximum Gasteiger partial charge on any atom is 0.308 e. The molecule has 0 bridgehead atoms. The molecule has 0 saturated heterocycles. The lowest BCUT2D eigenvalue weighted by Crippen LogP contribution is -2.36. The van der Waals surface area contributed by atoms with E-state index in [2.05, 4.69) is 10.6 Å². The van der Waals surface area contributed by atoms with Crippen molar-refractivity contribution >= 4 is 23.5 Å². The topological polar surface area (TPSA) is 128 Å². The van der Waals surface area contributed by atoms with E-state index in [9.17, 15) is 24.5 Å². The average Bonchev–Trinajstić information content (AvgIpc) is 2.54. The van der Waals surface area contributed by atoms with Gasteiger partial charge in [0.2, 0.25) is 0 Å². The maximum atomic E-state index is 11.8. The molecule has 0 fully saturated rings. The van der Waals surface area contributed by atoms with Crippen LogP contribution >= 0.6 is 0 Å². The van der Waals surface area contributed by atoms with Crippen LogP contribution in [0.15, 0.2) is 24.3 Å². The van der Waals surface area contributed by atoms with Gasteiger partial charge in [0, 0.05) is 30.8 Å². The lowest BCUT2D eigenvalue weighted by Gasteiger charge is -2.12. The van der Waals surface area contributed by atoms with E-state index in [-0.39, 0.29) is 30.1 Å². The van der Waals surface area contributed by atoms with Gasteiger partial charge in [0.1, 0.15) is 0 Å². The molecule has 0 aliphatic rings. The number of likely N-dealkylation sites (N-methyl/N-ethyl adjacent to an activating group) is 1. The first-order valence-corrected chi connectivity index (χ1v) is 7.35. The molecule has 0 unspecified atom stereocenters. The Bertz CT molecular complexity index is 614. The third-order valence-corrected chi connectivity index (χ3v) is 2.98. The number of non-ortho nitro benzene ring substituents is 1. The predicted molar refractivity (Wildman–Crippen MR) is 84.3 cm³/mol. The summed E-state index contributed by atoms with van der Waals surface area (Å²) in [5.74, 6) is -1.46. The fourth-order valence-electron chi connectivity index (χ4n) is 1.74. The van der Waals surface area contributed by atoms with Crippen LogP contribution in [0, 0.1) is 10.1 Å². The number of nitro groups is 1. The molecule has 2 N–H and O–H groups in total. The normalized spacial score (nSPS) is 11.2. The van der Waals surface area contributed by atoms with Crippen molar-refractivity contribution in [3.8, 4) is 0 Å². The van der Waals surface area contributed by atoms with Crippen LogP contribution < -0.4 is 10.6 Å². The summed E-state index contributed by atoms with van der Waals surface area (Å²) < 4.78 is 4.92. The highest BCUT2D eigenvalue weighted by Crippen LogP contribution is 2.11. The third kappa shape index (κ3) is 6.03. The summed E-state index contributed by atoms with van der Waals surface area (Å²) in [6, 6.07) is 5.08. The van der Waals surface area contributed by atoms with E-state index >= 15 is 0 Å². The standard InChI is InChI=1S/C15H19N3O6/c1-3-16-14(20)10(2)24-13(19)8-9-17-15(21)11-4-6-12(7-5-11)18(22)23/h4-7,10H,3,8-9H2,1-2H3,(H,16,20)(H,17,21)/t10-/m1/s1. The lowest BCUT2D eigenvalue weighted by atomic mass is 10.2. The van der Waals surface area contributed by atoms with Gasteiger partial charge >= 0.3 is 5.97 Å². The van der Waals surface area contributed by atoms with Crippen LogP contribution in [0.3, 0.4) is 0 Å². The Morgan fingerprint density at radius 2 is 1.83 bits per heavy atom. The van der Waals surface area contributed by atoms with E-state index in [4.69, 9.17) is 4.74 Å². The molecule has 0 aromatic heterocycles. The van der Waals surface area contributed by atoms with Crippen molar-refractivity contribution in [2.75, 3.05) is 13.1 Å². The number of rotatable bonds is 8. The van der Waals surface area contributed by atoms with Crippen LogP contribution in [0.25, 0.3) is 0 Å². The molecule has 1 aromatic carbocycles. The minimum Gasteiger partial charge on any atom is -0.452 e. The van der Waals surface area contributed by atoms with Crippen LogP contribution in [-0.4, -0.2) is 41.9 Å². The number of hydrogen-bond acceptors (Lipinski definition) is 6. The van der Waals surface area contributed by atoms with Crippen LogP contribution in [-0.2, 0) is 14.3 Å². The van der Waals surface area contributed by atoms with E-state index in [0.29, 0.717) is 6.54 Å². The molecule has 0 aliphatic carbocycles. The largest absolute Gasteiger partial charge is 0.452 e. The van der Waals surface area contributed by atoms with Gasteiger partial charge in [0.15, 0.2) is 6.10 Å². The minimum atomic E-state index is -0.900. The number of ether oxygens (including phenoxy) is 1. The van der Waals surface area contributed by atoms with E-state index in [1.54, 1.807) is 6.92 Å². The molecule has 0 heterocycles. The van der Waals surface area contributed by atoms with Crippen LogP contribution in [0.4, 0.5) is 5.69 Å². The summed E-state index contributed by atoms with van der Waals surface area (Å²) in [5.41, 5.74) is 0.124. The highest BCUT2D eigenvalue weighted by Gasteiger charge is 2.17. The first kappa shape index (κ1) is 19.1. The number of amides is 2. The Kier molecular flexibility index (Phi) is 7.34. The van der Waals surface area contributed by atoms with Gasteiger partial charge in [-0.3, -0.25) is 24.5 Å². The highest BCUT2D eigenvalue weighted by molar-refractivity contribution is 5.94. The fourth-order valence-corrected chi connectivity index (χ4v) is 1.74. The maximum absolute atomic E-state index is 11.8. The molecular formula is C15H19N3O6. The summed E-state index contributed by atoms with van der Waals surface area (Å²) in [5, 5.41) is 15.6. The van der Waals surface area contributed by atoms with E-state index in [1.807, 2.05) is 0 Å². The number of benzene rings is 1. The Labute approximate surface area is 138 Å². The number of carbonyl (C=O) groups excluding carboxylic acids is 3. The van der Waals surface area contributed by atoms with Gasteiger partial charge in [0.05, 0.1) is 11.3 Å². The first-order chi connectivity index (χ1) is 11.3. The number of nitro benzene ring substituents is 1. The number of nitrogens with one attached hydrogen (secondary N) is 2. The van der Waals surface area contributed by atoms with E-state index in [1.165, 1.54) is 31.2 Å². The van der Waals surface area contributed by atoms with Crippen molar-refractivity contribution < 1.29 is 24.0 Å². The summed E-state index contributed by atoms with van der Waals surface area (Å²) in [6.45, 7) is 3.67. The predicted octanol–water partition coefficient (Wildman–Crippen LogP) is 0.782. The molecule has 1 atom stereocenters. The van der Waals surface area contributed by atoms with Crippen molar-refractivity contribution in [2.45, 2.75) is 26.4 Å². The van der Waals surface area contributed by atoms with Gasteiger partial charge in [-0.05, 0) is 26.0 Å². The van der Waals surface area contributed by atoms with Crippen molar-refractivity contribution in [1.29, 1.82) is 0 Å². The van der Waals surface area contributed by atoms with Crippen molar-refractivity contribution in [2.24, 2.45) is 0 Å². The van der Waals surface area contributed by atoms with Gasteiger partial charge < -0.3 is 15.4 Å². The summed E-state index contributed by atoms with van der Waals surface area (Å²) in [4.78, 5) is 44.8. The zero-order chi connectivity index (χ0) is 18.1. The molecule has 0 spiro atoms. The summed E-state index contributed by atoms with van der Waals surface area (Å²) in [6.07, 6.45) is -0.995. The third-order valence-electron chi connectivity index (χ3n) is 2.98. The minimum absolute atomic E-state index is 0.0246. The van der Waals surface area contributed by atoms with Gasteiger partial charge in [-0.15, -0.1) is 0 Å². The second kappa shape index (κ2) is 9.23. The Balaban J connectivity index is 2.38. The summed E-state index contributed by atoms with van der Waals surface area (Å²) >= 11 is 0. The lowest BCUT2D eigenvalue weighted by molar-refractivity contribution is -0.384. The van der Waals surface area contributed by atoms with Crippen molar-refractivity contribution in [3.63, 3.8) is 0 Å². The van der Waals surface area contributed by atoms with Gasteiger partial charge in [-0.1, -0.05) is 0 Å². The molecule has 9 nitrogen and oxygen atoms in total. The SMILES string of the molecule is CCNC(=O)[C@@H](C)OC(=O)CCNC(=O)c1ccc([N+](=O)[O-])cc1. The van der Waals surface area contributed by atoms with E-state index in [0.717, 1.165) is 0 Å². The van der Waals surface area contributed by atoms with Crippen molar-refractivity contribution in [3.05, 3.63) is 39.9 Å². The van der Waals surface area contributed by atoms with Crippen LogP contribution in [0.2, 0.25) is 0 Å². The molecule has 24 heavy (non-hydrogen) atoms. The Hall–Kier alpha value is -2.97. The second-order valence-corrected chi connectivity index (χ2v) is 4.84. The van der Waals surface area contributed by atoms with Crippen LogP contribution in [0.1, 0.15) is 30.6 Å². The second-order valence-electron chi connectivity index (χ2n) is 4.84. The zero-order valence-electron chi connectivity index (χ0n) is 13.4. The van der Waals surface area contributed by atoms with Gasteiger partial charge in [-0.2, -0.15) is 0 Å². The molecule has 0 saturated carbocycles. The molecule has 1 aromatic rings.